The van der Waals surface area contributed by atoms with Crippen LogP contribution in [0.1, 0.15) is 10.4 Å². The minimum atomic E-state index is -0.494. The van der Waals surface area contributed by atoms with Crippen LogP contribution in [0.3, 0.4) is 0 Å². The number of esters is 1. The Morgan fingerprint density at radius 3 is 2.95 bits per heavy atom. The molecule has 0 unspecified atom stereocenters. The molecule has 2 aromatic rings. The van der Waals surface area contributed by atoms with Crippen molar-refractivity contribution >= 4 is 33.4 Å². The lowest BCUT2D eigenvalue weighted by Gasteiger charge is -2.26. The summed E-state index contributed by atoms with van der Waals surface area (Å²) in [5, 5.41) is 0. The molecule has 21 heavy (non-hydrogen) atoms. The van der Waals surface area contributed by atoms with Crippen LogP contribution in [0.15, 0.2) is 23.7 Å². The number of amides is 1. The molecule has 7 heteroatoms. The van der Waals surface area contributed by atoms with E-state index in [2.05, 4.69) is 4.98 Å². The zero-order valence-corrected chi connectivity index (χ0v) is 12.1. The summed E-state index contributed by atoms with van der Waals surface area (Å²) in [7, 11) is 0. The third kappa shape index (κ3) is 3.20. The Morgan fingerprint density at radius 2 is 2.14 bits per heavy atom. The minimum Gasteiger partial charge on any atom is -0.452 e. The van der Waals surface area contributed by atoms with E-state index >= 15 is 0 Å². The van der Waals surface area contributed by atoms with E-state index in [9.17, 15) is 9.59 Å². The van der Waals surface area contributed by atoms with Crippen molar-refractivity contribution in [3.8, 4) is 0 Å². The van der Waals surface area contributed by atoms with Gasteiger partial charge in [-0.2, -0.15) is 0 Å². The van der Waals surface area contributed by atoms with E-state index in [0.29, 0.717) is 31.9 Å². The molecule has 1 amide bonds. The topological polar surface area (TPSA) is 68.7 Å². The van der Waals surface area contributed by atoms with Gasteiger partial charge in [0.05, 0.1) is 34.5 Å². The number of nitrogens with zero attached hydrogens (tertiary/aromatic N) is 2. The molecule has 1 aromatic carbocycles. The molecule has 0 bridgehead atoms. The van der Waals surface area contributed by atoms with Gasteiger partial charge in [-0.25, -0.2) is 9.78 Å². The summed E-state index contributed by atoms with van der Waals surface area (Å²) in [6, 6.07) is 5.16. The Morgan fingerprint density at radius 1 is 1.33 bits per heavy atom. The van der Waals surface area contributed by atoms with E-state index in [-0.39, 0.29) is 12.5 Å². The Balaban J connectivity index is 1.59. The summed E-state index contributed by atoms with van der Waals surface area (Å²) in [5.74, 6) is -0.683. The van der Waals surface area contributed by atoms with Crippen molar-refractivity contribution in [3.63, 3.8) is 0 Å². The van der Waals surface area contributed by atoms with Crippen molar-refractivity contribution in [2.24, 2.45) is 0 Å². The number of aromatic nitrogens is 1. The van der Waals surface area contributed by atoms with Crippen molar-refractivity contribution in [2.45, 2.75) is 0 Å². The van der Waals surface area contributed by atoms with E-state index in [1.807, 2.05) is 0 Å². The highest BCUT2D eigenvalue weighted by Crippen LogP contribution is 2.19. The molecule has 1 saturated heterocycles. The number of morpholine rings is 1. The molecule has 3 rings (SSSR count). The quantitative estimate of drug-likeness (QED) is 0.800. The summed E-state index contributed by atoms with van der Waals surface area (Å²) in [6.45, 7) is 1.91. The number of benzene rings is 1. The summed E-state index contributed by atoms with van der Waals surface area (Å²) in [4.78, 5) is 29.6. The Bertz CT molecular complexity index is 664. The van der Waals surface area contributed by atoms with Gasteiger partial charge in [0, 0.05) is 13.1 Å². The molecule has 110 valence electrons. The third-order valence-corrected chi connectivity index (χ3v) is 4.05. The fraction of sp³-hybridized carbons (Fsp3) is 0.357. The van der Waals surface area contributed by atoms with Gasteiger partial charge in [-0.05, 0) is 18.2 Å². The maximum atomic E-state index is 12.0. The average Bonchev–Trinajstić information content (AvgIpc) is 3.00. The van der Waals surface area contributed by atoms with Crippen LogP contribution in [-0.4, -0.2) is 54.7 Å². The molecule has 0 N–H and O–H groups in total. The fourth-order valence-corrected chi connectivity index (χ4v) is 2.81. The van der Waals surface area contributed by atoms with Crippen LogP contribution in [-0.2, 0) is 14.3 Å². The second-order valence-corrected chi connectivity index (χ2v) is 5.49. The lowest BCUT2D eigenvalue weighted by molar-refractivity contribution is -0.138. The standard InChI is InChI=1S/C14H14N2O4S/c17-13(16-3-5-19-6-4-16)8-20-14(18)10-1-2-11-12(7-10)21-9-15-11/h1-2,7,9H,3-6,8H2. The Hall–Kier alpha value is -1.99. The molecular formula is C14H14N2O4S. The van der Waals surface area contributed by atoms with E-state index < -0.39 is 5.97 Å². The molecule has 0 saturated carbocycles. The number of carbonyl (C=O) groups is 2. The normalized spacial score (nSPS) is 15.1. The number of hydrogen-bond donors (Lipinski definition) is 0. The molecule has 2 heterocycles. The predicted molar refractivity (Wildman–Crippen MR) is 77.3 cm³/mol. The lowest BCUT2D eigenvalue weighted by atomic mass is 10.2. The first-order chi connectivity index (χ1) is 10.2. The monoisotopic (exact) mass is 306 g/mol. The molecule has 1 aliphatic rings. The van der Waals surface area contributed by atoms with E-state index in [4.69, 9.17) is 9.47 Å². The Kier molecular flexibility index (Phi) is 4.12. The second kappa shape index (κ2) is 6.19. The van der Waals surface area contributed by atoms with Crippen molar-refractivity contribution in [1.29, 1.82) is 0 Å². The van der Waals surface area contributed by atoms with E-state index in [1.165, 1.54) is 11.3 Å². The van der Waals surface area contributed by atoms with Gasteiger partial charge in [-0.1, -0.05) is 0 Å². The molecule has 0 aliphatic carbocycles. The van der Waals surface area contributed by atoms with Crippen LogP contribution < -0.4 is 0 Å². The number of thiazole rings is 1. The molecule has 6 nitrogen and oxygen atoms in total. The van der Waals surface area contributed by atoms with Crippen LogP contribution in [0.5, 0.6) is 0 Å². The fourth-order valence-electron chi connectivity index (χ4n) is 2.10. The first-order valence-electron chi connectivity index (χ1n) is 6.60. The van der Waals surface area contributed by atoms with Crippen LogP contribution >= 0.6 is 11.3 Å². The van der Waals surface area contributed by atoms with Gasteiger partial charge >= 0.3 is 5.97 Å². The molecule has 1 fully saturated rings. The van der Waals surface area contributed by atoms with Gasteiger partial charge in [-0.3, -0.25) is 4.79 Å². The van der Waals surface area contributed by atoms with Gasteiger partial charge in [0.2, 0.25) is 0 Å². The van der Waals surface area contributed by atoms with Gasteiger partial charge in [0.25, 0.3) is 5.91 Å². The molecular weight excluding hydrogens is 292 g/mol. The zero-order chi connectivity index (χ0) is 14.7. The molecule has 1 aromatic heterocycles. The SMILES string of the molecule is O=C(OCC(=O)N1CCOCC1)c1ccc2ncsc2c1. The maximum Gasteiger partial charge on any atom is 0.338 e. The predicted octanol–water partition coefficient (Wildman–Crippen LogP) is 1.31. The van der Waals surface area contributed by atoms with Crippen molar-refractivity contribution in [1.82, 2.24) is 9.88 Å². The van der Waals surface area contributed by atoms with Gasteiger partial charge in [0.1, 0.15) is 0 Å². The lowest BCUT2D eigenvalue weighted by Crippen LogP contribution is -2.42. The number of fused-ring (bicyclic) bond motifs is 1. The minimum absolute atomic E-state index is 0.189. The van der Waals surface area contributed by atoms with Crippen LogP contribution in [0.25, 0.3) is 10.2 Å². The van der Waals surface area contributed by atoms with Gasteiger partial charge in [-0.15, -0.1) is 11.3 Å². The molecule has 1 aliphatic heterocycles. The van der Waals surface area contributed by atoms with Crippen molar-refractivity contribution < 1.29 is 19.1 Å². The largest absolute Gasteiger partial charge is 0.452 e. The summed E-state index contributed by atoms with van der Waals surface area (Å²) < 4.78 is 11.2. The Labute approximate surface area is 125 Å². The zero-order valence-electron chi connectivity index (χ0n) is 11.3. The number of hydrogen-bond acceptors (Lipinski definition) is 6. The average molecular weight is 306 g/mol. The number of rotatable bonds is 3. The van der Waals surface area contributed by atoms with Crippen LogP contribution in [0.4, 0.5) is 0 Å². The molecule has 0 spiro atoms. The second-order valence-electron chi connectivity index (χ2n) is 4.60. The van der Waals surface area contributed by atoms with Gasteiger partial charge in [0.15, 0.2) is 6.61 Å². The third-order valence-electron chi connectivity index (χ3n) is 3.26. The molecule has 0 radical (unpaired) electrons. The van der Waals surface area contributed by atoms with Crippen LogP contribution in [0, 0.1) is 0 Å². The molecule has 0 atom stereocenters. The van der Waals surface area contributed by atoms with E-state index in [1.54, 1.807) is 28.6 Å². The maximum absolute atomic E-state index is 12.0. The highest BCUT2D eigenvalue weighted by atomic mass is 32.1. The highest BCUT2D eigenvalue weighted by Gasteiger charge is 2.19. The first-order valence-corrected chi connectivity index (χ1v) is 7.48. The van der Waals surface area contributed by atoms with Gasteiger partial charge < -0.3 is 14.4 Å². The van der Waals surface area contributed by atoms with E-state index in [0.717, 1.165) is 10.2 Å². The highest BCUT2D eigenvalue weighted by molar-refractivity contribution is 7.16. The summed E-state index contributed by atoms with van der Waals surface area (Å²) in [6.07, 6.45) is 0. The van der Waals surface area contributed by atoms with Crippen molar-refractivity contribution in [3.05, 3.63) is 29.3 Å². The first kappa shape index (κ1) is 14.0. The van der Waals surface area contributed by atoms with Crippen molar-refractivity contribution in [2.75, 3.05) is 32.9 Å². The van der Waals surface area contributed by atoms with Crippen LogP contribution in [0.2, 0.25) is 0 Å². The number of carbonyl (C=O) groups excluding carboxylic acids is 2. The summed E-state index contributed by atoms with van der Waals surface area (Å²) >= 11 is 1.46. The number of ether oxygens (including phenoxy) is 2. The smallest absolute Gasteiger partial charge is 0.338 e. The summed E-state index contributed by atoms with van der Waals surface area (Å²) in [5.41, 5.74) is 3.00.